The molecule has 0 aliphatic heterocycles. The highest BCUT2D eigenvalue weighted by atomic mass is 32.2. The monoisotopic (exact) mass is 340 g/mol. The standard InChI is InChI=1S/C17H20N6S/c1-12-9-20-14(10-19-12)11-24-17-22-21-16(23(17)2)15(18)8-13-6-4-3-5-7-13/h3-7,9-10,15H,8,11,18H2,1-2H3/t15-/m1/s1. The van der Waals surface area contributed by atoms with E-state index in [0.29, 0.717) is 5.75 Å². The van der Waals surface area contributed by atoms with Gasteiger partial charge >= 0.3 is 0 Å². The van der Waals surface area contributed by atoms with Gasteiger partial charge in [-0.3, -0.25) is 9.97 Å². The van der Waals surface area contributed by atoms with Crippen molar-refractivity contribution in [3.05, 3.63) is 65.5 Å². The summed E-state index contributed by atoms with van der Waals surface area (Å²) in [7, 11) is 1.95. The Labute approximate surface area is 145 Å². The Morgan fingerprint density at radius 1 is 1.12 bits per heavy atom. The molecule has 0 spiro atoms. The fourth-order valence-corrected chi connectivity index (χ4v) is 3.18. The van der Waals surface area contributed by atoms with Gasteiger partial charge in [0, 0.05) is 25.2 Å². The van der Waals surface area contributed by atoms with E-state index in [4.69, 9.17) is 5.73 Å². The van der Waals surface area contributed by atoms with Gasteiger partial charge in [0.2, 0.25) is 0 Å². The van der Waals surface area contributed by atoms with E-state index in [2.05, 4.69) is 32.3 Å². The number of thioether (sulfide) groups is 1. The van der Waals surface area contributed by atoms with Crippen molar-refractivity contribution in [2.24, 2.45) is 12.8 Å². The Kier molecular flexibility index (Phi) is 5.22. The van der Waals surface area contributed by atoms with E-state index in [9.17, 15) is 0 Å². The van der Waals surface area contributed by atoms with Gasteiger partial charge in [0.25, 0.3) is 0 Å². The zero-order chi connectivity index (χ0) is 16.9. The second-order valence-corrected chi connectivity index (χ2v) is 6.58. The lowest BCUT2D eigenvalue weighted by molar-refractivity contribution is 0.616. The van der Waals surface area contributed by atoms with Crippen LogP contribution in [0.25, 0.3) is 0 Å². The number of hydrogen-bond donors (Lipinski definition) is 1. The van der Waals surface area contributed by atoms with E-state index >= 15 is 0 Å². The summed E-state index contributed by atoms with van der Waals surface area (Å²) in [6, 6.07) is 9.99. The van der Waals surface area contributed by atoms with Crippen LogP contribution in [-0.2, 0) is 19.2 Å². The van der Waals surface area contributed by atoms with Gasteiger partial charge in [-0.15, -0.1) is 10.2 Å². The molecule has 0 aliphatic carbocycles. The molecule has 0 unspecified atom stereocenters. The summed E-state index contributed by atoms with van der Waals surface area (Å²) in [5.74, 6) is 1.49. The zero-order valence-electron chi connectivity index (χ0n) is 13.8. The van der Waals surface area contributed by atoms with E-state index in [1.54, 1.807) is 24.2 Å². The maximum absolute atomic E-state index is 6.31. The molecule has 3 aromatic rings. The first-order chi connectivity index (χ1) is 11.6. The zero-order valence-corrected chi connectivity index (χ0v) is 14.6. The highest BCUT2D eigenvalue weighted by Gasteiger charge is 2.16. The Balaban J connectivity index is 1.65. The fraction of sp³-hybridized carbons (Fsp3) is 0.294. The Morgan fingerprint density at radius 2 is 1.92 bits per heavy atom. The van der Waals surface area contributed by atoms with Crippen LogP contribution in [-0.4, -0.2) is 24.7 Å². The smallest absolute Gasteiger partial charge is 0.191 e. The van der Waals surface area contributed by atoms with E-state index < -0.39 is 0 Å². The molecule has 0 bridgehead atoms. The van der Waals surface area contributed by atoms with Gasteiger partial charge in [-0.05, 0) is 18.9 Å². The molecule has 0 aliphatic rings. The molecule has 24 heavy (non-hydrogen) atoms. The van der Waals surface area contributed by atoms with Crippen molar-refractivity contribution < 1.29 is 0 Å². The molecule has 3 rings (SSSR count). The second-order valence-electron chi connectivity index (χ2n) is 5.63. The molecule has 1 atom stereocenters. The molecule has 0 fully saturated rings. The summed E-state index contributed by atoms with van der Waals surface area (Å²) in [5, 5.41) is 9.36. The molecular formula is C17H20N6S. The molecule has 6 nitrogen and oxygen atoms in total. The van der Waals surface area contributed by atoms with Crippen LogP contribution in [0.3, 0.4) is 0 Å². The number of benzene rings is 1. The third-order valence-electron chi connectivity index (χ3n) is 3.68. The van der Waals surface area contributed by atoms with Gasteiger partial charge in [-0.25, -0.2) is 0 Å². The summed E-state index contributed by atoms with van der Waals surface area (Å²) >= 11 is 1.58. The van der Waals surface area contributed by atoms with E-state index in [1.165, 1.54) is 5.56 Å². The Morgan fingerprint density at radius 3 is 2.62 bits per heavy atom. The van der Waals surface area contributed by atoms with E-state index in [-0.39, 0.29) is 6.04 Å². The molecule has 0 saturated heterocycles. The lowest BCUT2D eigenvalue weighted by atomic mass is 10.1. The van der Waals surface area contributed by atoms with Crippen LogP contribution in [0.15, 0.2) is 47.9 Å². The minimum Gasteiger partial charge on any atom is -0.321 e. The first-order valence-electron chi connectivity index (χ1n) is 7.72. The predicted octanol–water partition coefficient (Wildman–Crippen LogP) is 2.45. The highest BCUT2D eigenvalue weighted by molar-refractivity contribution is 7.98. The maximum Gasteiger partial charge on any atom is 0.191 e. The summed E-state index contributed by atoms with van der Waals surface area (Å²) in [5.41, 5.74) is 9.34. The molecule has 2 N–H and O–H groups in total. The summed E-state index contributed by atoms with van der Waals surface area (Å²) in [6.45, 7) is 1.92. The molecule has 0 saturated carbocycles. The van der Waals surface area contributed by atoms with Gasteiger partial charge in [0.05, 0.1) is 17.4 Å². The van der Waals surface area contributed by atoms with Crippen molar-refractivity contribution in [1.29, 1.82) is 0 Å². The highest BCUT2D eigenvalue weighted by Crippen LogP contribution is 2.22. The van der Waals surface area contributed by atoms with Crippen LogP contribution in [0.5, 0.6) is 0 Å². The first-order valence-corrected chi connectivity index (χ1v) is 8.71. The van der Waals surface area contributed by atoms with Gasteiger partial charge in [-0.2, -0.15) is 0 Å². The number of nitrogens with two attached hydrogens (primary N) is 1. The van der Waals surface area contributed by atoms with Crippen molar-refractivity contribution in [3.63, 3.8) is 0 Å². The molecule has 0 radical (unpaired) electrons. The predicted molar refractivity (Wildman–Crippen MR) is 94.4 cm³/mol. The first kappa shape index (κ1) is 16.6. The third-order valence-corrected chi connectivity index (χ3v) is 4.74. The van der Waals surface area contributed by atoms with Crippen LogP contribution >= 0.6 is 11.8 Å². The number of rotatable bonds is 6. The van der Waals surface area contributed by atoms with Crippen LogP contribution < -0.4 is 5.73 Å². The summed E-state index contributed by atoms with van der Waals surface area (Å²) in [6.07, 6.45) is 4.30. The number of hydrogen-bond acceptors (Lipinski definition) is 6. The second kappa shape index (κ2) is 7.55. The van der Waals surface area contributed by atoms with Crippen LogP contribution in [0, 0.1) is 6.92 Å². The van der Waals surface area contributed by atoms with Crippen LogP contribution in [0.2, 0.25) is 0 Å². The van der Waals surface area contributed by atoms with Gasteiger partial charge in [0.15, 0.2) is 11.0 Å². The Hall–Kier alpha value is -2.25. The minimum absolute atomic E-state index is 0.182. The third kappa shape index (κ3) is 3.98. The van der Waals surface area contributed by atoms with Crippen LogP contribution in [0.1, 0.15) is 28.8 Å². The SMILES string of the molecule is Cc1cnc(CSc2nnc([C@H](N)Cc3ccccc3)n2C)cn1. The maximum atomic E-state index is 6.31. The normalized spacial score (nSPS) is 12.3. The molecule has 2 heterocycles. The Bertz CT molecular complexity index is 785. The number of aromatic nitrogens is 5. The van der Waals surface area contributed by atoms with Gasteiger partial charge < -0.3 is 10.3 Å². The number of nitrogens with zero attached hydrogens (tertiary/aromatic N) is 5. The minimum atomic E-state index is -0.182. The van der Waals surface area contributed by atoms with Gasteiger partial charge in [0.1, 0.15) is 0 Å². The lowest BCUT2D eigenvalue weighted by Gasteiger charge is -2.11. The molecule has 124 valence electrons. The van der Waals surface area contributed by atoms with Crippen molar-refractivity contribution in [1.82, 2.24) is 24.7 Å². The molecule has 7 heteroatoms. The van der Waals surface area contributed by atoms with E-state index in [0.717, 1.165) is 28.8 Å². The fourth-order valence-electron chi connectivity index (χ4n) is 2.37. The summed E-state index contributed by atoms with van der Waals surface area (Å²) < 4.78 is 1.96. The van der Waals surface area contributed by atoms with Crippen molar-refractivity contribution in [2.75, 3.05) is 0 Å². The largest absolute Gasteiger partial charge is 0.321 e. The van der Waals surface area contributed by atoms with E-state index in [1.807, 2.05) is 36.7 Å². The topological polar surface area (TPSA) is 82.5 Å². The average molecular weight is 340 g/mol. The quantitative estimate of drug-likeness (QED) is 0.694. The molecular weight excluding hydrogens is 320 g/mol. The van der Waals surface area contributed by atoms with Crippen molar-refractivity contribution >= 4 is 11.8 Å². The summed E-state index contributed by atoms with van der Waals surface area (Å²) in [4.78, 5) is 8.61. The van der Waals surface area contributed by atoms with Crippen LogP contribution in [0.4, 0.5) is 0 Å². The number of aryl methyl sites for hydroxylation is 1. The lowest BCUT2D eigenvalue weighted by Crippen LogP contribution is -2.18. The van der Waals surface area contributed by atoms with Crippen molar-refractivity contribution in [3.8, 4) is 0 Å². The van der Waals surface area contributed by atoms with Crippen molar-refractivity contribution in [2.45, 2.75) is 30.3 Å². The average Bonchev–Trinajstić information content (AvgIpc) is 2.96. The molecule has 0 amide bonds. The molecule has 1 aromatic carbocycles. The van der Waals surface area contributed by atoms with Gasteiger partial charge in [-0.1, -0.05) is 42.1 Å². The molecule has 2 aromatic heterocycles.